The molecule has 1 aliphatic heterocycles. The summed E-state index contributed by atoms with van der Waals surface area (Å²) < 4.78 is 4.97. The second kappa shape index (κ2) is 3.59. The van der Waals surface area contributed by atoms with Crippen LogP contribution in [-0.2, 0) is 9.53 Å². The first kappa shape index (κ1) is 9.49. The molecule has 78 valence electrons. The summed E-state index contributed by atoms with van der Waals surface area (Å²) in [5, 5.41) is 0. The van der Waals surface area contributed by atoms with E-state index in [0.717, 1.165) is 19.3 Å². The molecule has 4 nitrogen and oxygen atoms in total. The van der Waals surface area contributed by atoms with Gasteiger partial charge >= 0.3 is 6.09 Å². The van der Waals surface area contributed by atoms with Crippen molar-refractivity contribution < 1.29 is 14.3 Å². The number of ether oxygens (including phenoxy) is 1. The molecular formula is C10H15NO3. The lowest BCUT2D eigenvalue weighted by Gasteiger charge is -2.15. The van der Waals surface area contributed by atoms with Gasteiger partial charge in [0.1, 0.15) is 0 Å². The molecule has 0 aromatic carbocycles. The maximum Gasteiger partial charge on any atom is 0.416 e. The van der Waals surface area contributed by atoms with E-state index in [1.165, 1.54) is 4.90 Å². The number of likely N-dealkylation sites (tertiary alicyclic amines) is 1. The summed E-state index contributed by atoms with van der Waals surface area (Å²) in [6, 6.07) is 0. The lowest BCUT2D eigenvalue weighted by Crippen LogP contribution is -2.35. The van der Waals surface area contributed by atoms with Crippen molar-refractivity contribution in [1.29, 1.82) is 0 Å². The van der Waals surface area contributed by atoms with Gasteiger partial charge in [0.25, 0.3) is 0 Å². The van der Waals surface area contributed by atoms with Gasteiger partial charge in [0.05, 0.1) is 6.61 Å². The topological polar surface area (TPSA) is 46.6 Å². The Bertz CT molecular complexity index is 264. The molecule has 0 aromatic rings. The standard InChI is InChI=1S/C10H15NO3/c1-2-3-4-14-10(13)11-6-7-5-8(7)9(11)12/h7-8H,2-6H2,1H3. The summed E-state index contributed by atoms with van der Waals surface area (Å²) in [6.45, 7) is 3.03. The molecule has 1 saturated heterocycles. The van der Waals surface area contributed by atoms with Crippen molar-refractivity contribution in [3.8, 4) is 0 Å². The van der Waals surface area contributed by atoms with Gasteiger partial charge in [0.15, 0.2) is 0 Å². The molecule has 1 aliphatic carbocycles. The molecule has 1 saturated carbocycles. The molecule has 2 atom stereocenters. The van der Waals surface area contributed by atoms with Crippen LogP contribution in [0, 0.1) is 11.8 Å². The zero-order chi connectivity index (χ0) is 10.1. The highest BCUT2D eigenvalue weighted by Crippen LogP contribution is 2.46. The number of nitrogens with zero attached hydrogens (tertiary/aromatic N) is 1. The third-order valence-electron chi connectivity index (χ3n) is 2.87. The monoisotopic (exact) mass is 197 g/mol. The number of rotatable bonds is 3. The Balaban J connectivity index is 1.78. The zero-order valence-electron chi connectivity index (χ0n) is 8.36. The van der Waals surface area contributed by atoms with Gasteiger partial charge in [-0.1, -0.05) is 13.3 Å². The molecule has 0 aromatic heterocycles. The Labute approximate surface area is 83.2 Å². The molecule has 2 amide bonds. The molecule has 14 heavy (non-hydrogen) atoms. The third kappa shape index (κ3) is 1.61. The lowest BCUT2D eigenvalue weighted by atomic mass is 10.4. The highest BCUT2D eigenvalue weighted by molar-refractivity contribution is 5.97. The summed E-state index contributed by atoms with van der Waals surface area (Å²) in [6.07, 6.45) is 2.38. The van der Waals surface area contributed by atoms with Gasteiger partial charge in [-0.25, -0.2) is 9.69 Å². The summed E-state index contributed by atoms with van der Waals surface area (Å²) in [4.78, 5) is 24.1. The Hall–Kier alpha value is -1.06. The van der Waals surface area contributed by atoms with E-state index < -0.39 is 6.09 Å². The Kier molecular flexibility index (Phi) is 2.44. The average molecular weight is 197 g/mol. The van der Waals surface area contributed by atoms with Crippen molar-refractivity contribution in [3.05, 3.63) is 0 Å². The number of fused-ring (bicyclic) bond motifs is 1. The summed E-state index contributed by atoms with van der Waals surface area (Å²) in [5.74, 6) is 0.534. The fourth-order valence-corrected chi connectivity index (χ4v) is 1.82. The van der Waals surface area contributed by atoms with Gasteiger partial charge < -0.3 is 4.74 Å². The van der Waals surface area contributed by atoms with E-state index in [1.807, 2.05) is 6.92 Å². The minimum Gasteiger partial charge on any atom is -0.449 e. The number of carbonyl (C=O) groups is 2. The van der Waals surface area contributed by atoms with Crippen molar-refractivity contribution in [2.24, 2.45) is 11.8 Å². The average Bonchev–Trinajstić information content (AvgIpc) is 2.87. The first-order valence-electron chi connectivity index (χ1n) is 5.22. The van der Waals surface area contributed by atoms with Gasteiger partial charge in [0.2, 0.25) is 5.91 Å². The second-order valence-electron chi connectivity index (χ2n) is 4.02. The van der Waals surface area contributed by atoms with E-state index in [1.54, 1.807) is 0 Å². The number of unbranched alkanes of at least 4 members (excludes halogenated alkanes) is 1. The maximum absolute atomic E-state index is 11.4. The fourth-order valence-electron chi connectivity index (χ4n) is 1.82. The number of carbonyl (C=O) groups excluding carboxylic acids is 2. The van der Waals surface area contributed by atoms with E-state index in [4.69, 9.17) is 4.74 Å². The molecular weight excluding hydrogens is 182 g/mol. The summed E-state index contributed by atoms with van der Waals surface area (Å²) in [5.41, 5.74) is 0. The highest BCUT2D eigenvalue weighted by Gasteiger charge is 2.54. The fraction of sp³-hybridized carbons (Fsp3) is 0.800. The van der Waals surface area contributed by atoms with Crippen molar-refractivity contribution in [1.82, 2.24) is 4.90 Å². The largest absolute Gasteiger partial charge is 0.449 e. The minimum atomic E-state index is -0.448. The van der Waals surface area contributed by atoms with E-state index in [9.17, 15) is 9.59 Å². The van der Waals surface area contributed by atoms with Crippen LogP contribution in [0.15, 0.2) is 0 Å². The molecule has 0 spiro atoms. The number of piperidine rings is 1. The van der Waals surface area contributed by atoms with E-state index in [0.29, 0.717) is 19.1 Å². The van der Waals surface area contributed by atoms with Gasteiger partial charge in [0, 0.05) is 12.5 Å². The van der Waals surface area contributed by atoms with E-state index >= 15 is 0 Å². The van der Waals surface area contributed by atoms with Crippen LogP contribution in [0.3, 0.4) is 0 Å². The molecule has 2 unspecified atom stereocenters. The zero-order valence-corrected chi connectivity index (χ0v) is 8.36. The van der Waals surface area contributed by atoms with Crippen molar-refractivity contribution >= 4 is 12.0 Å². The van der Waals surface area contributed by atoms with Crippen molar-refractivity contribution in [3.63, 3.8) is 0 Å². The predicted molar refractivity (Wildman–Crippen MR) is 49.6 cm³/mol. The minimum absolute atomic E-state index is 0.0310. The Morgan fingerprint density at radius 3 is 3.00 bits per heavy atom. The number of hydrogen-bond acceptors (Lipinski definition) is 3. The SMILES string of the molecule is CCCCOC(=O)N1CC2CC2C1=O. The normalized spacial score (nSPS) is 28.9. The van der Waals surface area contributed by atoms with Crippen LogP contribution in [0.1, 0.15) is 26.2 Å². The molecule has 1 heterocycles. The van der Waals surface area contributed by atoms with Crippen LogP contribution in [0.2, 0.25) is 0 Å². The third-order valence-corrected chi connectivity index (χ3v) is 2.87. The smallest absolute Gasteiger partial charge is 0.416 e. The van der Waals surface area contributed by atoms with E-state index in [-0.39, 0.29) is 11.8 Å². The van der Waals surface area contributed by atoms with Gasteiger partial charge in [-0.05, 0) is 18.8 Å². The Morgan fingerprint density at radius 2 is 2.43 bits per heavy atom. The molecule has 0 radical (unpaired) electrons. The van der Waals surface area contributed by atoms with Gasteiger partial charge in [-0.3, -0.25) is 4.79 Å². The first-order chi connectivity index (χ1) is 6.74. The first-order valence-corrected chi connectivity index (χ1v) is 5.22. The lowest BCUT2D eigenvalue weighted by molar-refractivity contribution is -0.128. The number of imide groups is 1. The molecule has 2 rings (SSSR count). The van der Waals surface area contributed by atoms with Crippen LogP contribution in [0.25, 0.3) is 0 Å². The molecule has 0 bridgehead atoms. The Morgan fingerprint density at radius 1 is 1.64 bits per heavy atom. The number of hydrogen-bond donors (Lipinski definition) is 0. The van der Waals surface area contributed by atoms with Crippen LogP contribution < -0.4 is 0 Å². The van der Waals surface area contributed by atoms with Crippen LogP contribution in [-0.4, -0.2) is 30.1 Å². The summed E-state index contributed by atoms with van der Waals surface area (Å²) >= 11 is 0. The van der Waals surface area contributed by atoms with Crippen LogP contribution in [0.4, 0.5) is 4.79 Å². The van der Waals surface area contributed by atoms with Crippen LogP contribution in [0.5, 0.6) is 0 Å². The quantitative estimate of drug-likeness (QED) is 0.642. The van der Waals surface area contributed by atoms with Crippen molar-refractivity contribution in [2.45, 2.75) is 26.2 Å². The second-order valence-corrected chi connectivity index (χ2v) is 4.02. The summed E-state index contributed by atoms with van der Waals surface area (Å²) in [7, 11) is 0. The van der Waals surface area contributed by atoms with Crippen molar-refractivity contribution in [2.75, 3.05) is 13.2 Å². The molecule has 0 N–H and O–H groups in total. The number of amides is 2. The molecule has 4 heteroatoms. The highest BCUT2D eigenvalue weighted by atomic mass is 16.6. The molecule has 2 fully saturated rings. The maximum atomic E-state index is 11.4. The van der Waals surface area contributed by atoms with Crippen LogP contribution >= 0.6 is 0 Å². The van der Waals surface area contributed by atoms with Gasteiger partial charge in [-0.15, -0.1) is 0 Å². The molecule has 2 aliphatic rings. The van der Waals surface area contributed by atoms with E-state index in [2.05, 4.69) is 0 Å². The predicted octanol–water partition coefficient (Wildman–Crippen LogP) is 1.40. The van der Waals surface area contributed by atoms with Gasteiger partial charge in [-0.2, -0.15) is 0 Å².